The quantitative estimate of drug-likeness (QED) is 0.402. The van der Waals surface area contributed by atoms with Gasteiger partial charge in [-0.2, -0.15) is 10.2 Å². The van der Waals surface area contributed by atoms with Crippen molar-refractivity contribution in [3.63, 3.8) is 0 Å². The number of hydrogen-bond donors (Lipinski definition) is 0. The van der Waals surface area contributed by atoms with Gasteiger partial charge in [0.2, 0.25) is 6.79 Å². The normalized spacial score (nSPS) is 12.6. The molecule has 2 aromatic carbocycles. The minimum Gasteiger partial charge on any atom is -0.454 e. The summed E-state index contributed by atoms with van der Waals surface area (Å²) < 4.78 is 15.1. The van der Waals surface area contributed by atoms with Crippen LogP contribution >= 0.6 is 0 Å². The Morgan fingerprint density at radius 1 is 1.00 bits per heavy atom. The van der Waals surface area contributed by atoms with E-state index in [1.807, 2.05) is 46.0 Å². The molecule has 7 nitrogen and oxygen atoms in total. The fraction of sp³-hybridized carbons (Fsp3) is 0.280. The lowest BCUT2D eigenvalue weighted by atomic mass is 10.1. The van der Waals surface area contributed by atoms with E-state index in [1.165, 1.54) is 11.1 Å². The van der Waals surface area contributed by atoms with Crippen molar-refractivity contribution in [2.24, 2.45) is 0 Å². The smallest absolute Gasteiger partial charge is 0.231 e. The minimum absolute atomic E-state index is 0.269. The van der Waals surface area contributed by atoms with Crippen LogP contribution in [0, 0.1) is 0 Å². The Morgan fingerprint density at radius 2 is 1.88 bits per heavy atom. The molecule has 1 aliphatic rings. The van der Waals surface area contributed by atoms with Crippen molar-refractivity contribution in [1.29, 1.82) is 0 Å². The molecule has 0 spiro atoms. The zero-order valence-electron chi connectivity index (χ0n) is 18.2. The van der Waals surface area contributed by atoms with E-state index in [9.17, 15) is 0 Å². The molecule has 0 N–H and O–H groups in total. The van der Waals surface area contributed by atoms with E-state index in [0.717, 1.165) is 55.5 Å². The van der Waals surface area contributed by atoms with Gasteiger partial charge in [-0.15, -0.1) is 0 Å². The van der Waals surface area contributed by atoms with Crippen LogP contribution in [0.15, 0.2) is 73.2 Å². The third-order valence-electron chi connectivity index (χ3n) is 5.72. The summed E-state index contributed by atoms with van der Waals surface area (Å²) >= 11 is 0. The highest BCUT2D eigenvalue weighted by Gasteiger charge is 2.19. The Kier molecular flexibility index (Phi) is 5.89. The monoisotopic (exact) mass is 429 g/mol. The second kappa shape index (κ2) is 9.28. The highest BCUT2D eigenvalue weighted by Crippen LogP contribution is 2.36. The molecule has 0 aliphatic carbocycles. The maximum Gasteiger partial charge on any atom is 0.231 e. The molecule has 2 aromatic heterocycles. The second-order valence-corrected chi connectivity index (χ2v) is 7.89. The van der Waals surface area contributed by atoms with Crippen LogP contribution in [0.4, 0.5) is 0 Å². The summed E-state index contributed by atoms with van der Waals surface area (Å²) in [5.74, 6) is 1.56. The average Bonchev–Trinajstić information content (AvgIpc) is 3.58. The van der Waals surface area contributed by atoms with Gasteiger partial charge in [0.25, 0.3) is 0 Å². The molecule has 5 rings (SSSR count). The van der Waals surface area contributed by atoms with Crippen LogP contribution in [0.5, 0.6) is 11.5 Å². The van der Waals surface area contributed by atoms with E-state index in [-0.39, 0.29) is 6.79 Å². The van der Waals surface area contributed by atoms with Gasteiger partial charge in [0.15, 0.2) is 11.5 Å². The first-order valence-electron chi connectivity index (χ1n) is 11.0. The summed E-state index contributed by atoms with van der Waals surface area (Å²) in [4.78, 5) is 2.42. The van der Waals surface area contributed by atoms with Crippen molar-refractivity contribution in [2.75, 3.05) is 19.9 Å². The molecule has 3 heterocycles. The van der Waals surface area contributed by atoms with E-state index in [2.05, 4.69) is 53.5 Å². The lowest BCUT2D eigenvalue weighted by molar-refractivity contribution is 0.174. The van der Waals surface area contributed by atoms with Gasteiger partial charge in [-0.05, 0) is 36.4 Å². The SMILES string of the molecule is CCN(CCn1cccn1)Cc1cn(Cc2ccccc2)nc1-c1ccc2c(c1)OCO2. The maximum absolute atomic E-state index is 5.61. The number of fused-ring (bicyclic) bond motifs is 1. The lowest BCUT2D eigenvalue weighted by Crippen LogP contribution is -2.27. The van der Waals surface area contributed by atoms with Crippen LogP contribution in [-0.4, -0.2) is 44.3 Å². The van der Waals surface area contributed by atoms with Gasteiger partial charge in [-0.1, -0.05) is 37.3 Å². The van der Waals surface area contributed by atoms with Crippen molar-refractivity contribution in [2.45, 2.75) is 26.6 Å². The number of nitrogens with zero attached hydrogens (tertiary/aromatic N) is 5. The highest BCUT2D eigenvalue weighted by atomic mass is 16.7. The topological polar surface area (TPSA) is 57.3 Å². The summed E-state index contributed by atoms with van der Waals surface area (Å²) in [5, 5.41) is 9.30. The predicted octanol–water partition coefficient (Wildman–Crippen LogP) is 4.05. The molecule has 0 bridgehead atoms. The summed E-state index contributed by atoms with van der Waals surface area (Å²) in [6.07, 6.45) is 5.99. The third kappa shape index (κ3) is 4.53. The van der Waals surface area contributed by atoms with Crippen LogP contribution in [0.2, 0.25) is 0 Å². The van der Waals surface area contributed by atoms with Gasteiger partial charge < -0.3 is 9.47 Å². The first kappa shape index (κ1) is 20.3. The van der Waals surface area contributed by atoms with Crippen molar-refractivity contribution >= 4 is 0 Å². The van der Waals surface area contributed by atoms with Crippen LogP contribution in [0.25, 0.3) is 11.3 Å². The Morgan fingerprint density at radius 3 is 2.69 bits per heavy atom. The molecule has 0 amide bonds. The molecule has 0 saturated carbocycles. The first-order chi connectivity index (χ1) is 15.8. The average molecular weight is 430 g/mol. The number of rotatable bonds is 9. The van der Waals surface area contributed by atoms with E-state index in [1.54, 1.807) is 0 Å². The molecule has 7 heteroatoms. The number of hydrogen-bond acceptors (Lipinski definition) is 5. The standard InChI is InChI=1S/C25H27N5O2/c1-2-28(13-14-29-12-6-11-26-29)17-22-18-30(16-20-7-4-3-5-8-20)27-25(22)21-9-10-23-24(15-21)32-19-31-23/h3-12,15,18H,2,13-14,16-17,19H2,1H3. The van der Waals surface area contributed by atoms with E-state index < -0.39 is 0 Å². The van der Waals surface area contributed by atoms with E-state index >= 15 is 0 Å². The Labute approximate surface area is 187 Å². The van der Waals surface area contributed by atoms with Gasteiger partial charge in [-0.3, -0.25) is 14.3 Å². The van der Waals surface area contributed by atoms with Gasteiger partial charge in [-0.25, -0.2) is 0 Å². The van der Waals surface area contributed by atoms with E-state index in [0.29, 0.717) is 0 Å². The van der Waals surface area contributed by atoms with Crippen molar-refractivity contribution < 1.29 is 9.47 Å². The fourth-order valence-corrected chi connectivity index (χ4v) is 3.98. The first-order valence-corrected chi connectivity index (χ1v) is 11.0. The number of benzene rings is 2. The Balaban J connectivity index is 1.42. The van der Waals surface area contributed by atoms with Crippen molar-refractivity contribution in [3.8, 4) is 22.8 Å². The number of likely N-dealkylation sites (N-methyl/N-ethyl adjacent to an activating group) is 1. The Bertz CT molecular complexity index is 1150. The second-order valence-electron chi connectivity index (χ2n) is 7.89. The van der Waals surface area contributed by atoms with Crippen LogP contribution in [-0.2, 0) is 19.6 Å². The lowest BCUT2D eigenvalue weighted by Gasteiger charge is -2.20. The molecular formula is C25H27N5O2. The van der Waals surface area contributed by atoms with E-state index in [4.69, 9.17) is 14.6 Å². The molecule has 4 aromatic rings. The molecule has 0 radical (unpaired) electrons. The van der Waals surface area contributed by atoms with Crippen LogP contribution < -0.4 is 9.47 Å². The summed E-state index contributed by atoms with van der Waals surface area (Å²) in [7, 11) is 0. The molecular weight excluding hydrogens is 402 g/mol. The maximum atomic E-state index is 5.61. The zero-order chi connectivity index (χ0) is 21.8. The van der Waals surface area contributed by atoms with Crippen LogP contribution in [0.1, 0.15) is 18.1 Å². The van der Waals surface area contributed by atoms with Gasteiger partial charge in [0, 0.05) is 42.8 Å². The van der Waals surface area contributed by atoms with Gasteiger partial charge in [0.05, 0.1) is 18.8 Å². The zero-order valence-corrected chi connectivity index (χ0v) is 18.2. The number of ether oxygens (including phenoxy) is 2. The fourth-order valence-electron chi connectivity index (χ4n) is 3.98. The van der Waals surface area contributed by atoms with Crippen molar-refractivity contribution in [1.82, 2.24) is 24.5 Å². The third-order valence-corrected chi connectivity index (χ3v) is 5.72. The van der Waals surface area contributed by atoms with Crippen LogP contribution in [0.3, 0.4) is 0 Å². The summed E-state index contributed by atoms with van der Waals surface area (Å²) in [6.45, 7) is 6.74. The molecule has 0 saturated heterocycles. The summed E-state index contributed by atoms with van der Waals surface area (Å²) in [5.41, 5.74) is 4.45. The van der Waals surface area contributed by atoms with Crippen molar-refractivity contribution in [3.05, 3.63) is 84.3 Å². The largest absolute Gasteiger partial charge is 0.454 e. The highest BCUT2D eigenvalue weighted by molar-refractivity contribution is 5.67. The Hall–Kier alpha value is -3.58. The minimum atomic E-state index is 0.269. The molecule has 0 atom stereocenters. The molecule has 0 fully saturated rings. The van der Waals surface area contributed by atoms with Gasteiger partial charge >= 0.3 is 0 Å². The molecule has 32 heavy (non-hydrogen) atoms. The molecule has 0 unspecified atom stereocenters. The molecule has 164 valence electrons. The van der Waals surface area contributed by atoms with Gasteiger partial charge in [0.1, 0.15) is 0 Å². The molecule has 1 aliphatic heterocycles. The number of aromatic nitrogens is 4. The summed E-state index contributed by atoms with van der Waals surface area (Å²) in [6, 6.07) is 18.4. The predicted molar refractivity (Wildman–Crippen MR) is 123 cm³/mol.